The minimum Gasteiger partial charge on any atom is -0.508 e. The molecule has 0 saturated heterocycles. The maximum atomic E-state index is 11.5. The highest BCUT2D eigenvalue weighted by atomic mass is 16.3. The molecule has 3 heterocycles. The van der Waals surface area contributed by atoms with Crippen LogP contribution in [-0.2, 0) is 32.0 Å². The van der Waals surface area contributed by atoms with E-state index in [1.165, 1.54) is 0 Å². The molecule has 5 aromatic rings. The van der Waals surface area contributed by atoms with E-state index >= 15 is 0 Å². The van der Waals surface area contributed by atoms with Crippen molar-refractivity contribution < 1.29 is 10.2 Å². The number of benzene rings is 3. The summed E-state index contributed by atoms with van der Waals surface area (Å²) >= 11 is 0. The number of hydrogen-bond donors (Lipinski definition) is 2. The smallest absolute Gasteiger partial charge is 0.215 e. The van der Waals surface area contributed by atoms with Gasteiger partial charge in [-0.3, -0.25) is 9.56 Å². The van der Waals surface area contributed by atoms with E-state index in [9.17, 15) is 10.2 Å². The van der Waals surface area contributed by atoms with E-state index < -0.39 is 5.54 Å². The van der Waals surface area contributed by atoms with E-state index in [-0.39, 0.29) is 11.6 Å². The van der Waals surface area contributed by atoms with Crippen molar-refractivity contribution in [1.29, 1.82) is 0 Å². The number of hydrogen-bond acceptors (Lipinski definition) is 5. The lowest BCUT2D eigenvalue weighted by molar-refractivity contribution is 0.361. The summed E-state index contributed by atoms with van der Waals surface area (Å²) in [5.74, 6) is 1.80. The summed E-state index contributed by atoms with van der Waals surface area (Å²) in [5.41, 5.74) is 3.57. The van der Waals surface area contributed by atoms with Crippen molar-refractivity contribution in [1.82, 2.24) is 19.1 Å². The van der Waals surface area contributed by atoms with E-state index in [1.807, 2.05) is 70.9 Å². The molecule has 184 valence electrons. The Balaban J connectivity index is 1.55. The van der Waals surface area contributed by atoms with Crippen molar-refractivity contribution >= 4 is 5.71 Å². The number of rotatable bonds is 6. The Bertz CT molecular complexity index is 1570. The lowest BCUT2D eigenvalue weighted by Crippen LogP contribution is -2.38. The molecule has 2 aromatic heterocycles. The maximum absolute atomic E-state index is 11.5. The highest BCUT2D eigenvalue weighted by Gasteiger charge is 2.41. The van der Waals surface area contributed by atoms with Gasteiger partial charge in [-0.15, -0.1) is 0 Å². The van der Waals surface area contributed by atoms with Crippen molar-refractivity contribution in [2.75, 3.05) is 0 Å². The number of aromatic hydroxyl groups is 2. The van der Waals surface area contributed by atoms with Crippen molar-refractivity contribution in [3.63, 3.8) is 0 Å². The lowest BCUT2D eigenvalue weighted by Gasteiger charge is -2.36. The quantitative estimate of drug-likeness (QED) is 0.365. The van der Waals surface area contributed by atoms with Crippen LogP contribution in [0.4, 0.5) is 0 Å². The standard InChI is InChI=1S/C30H27N5O2/c1-34-17-16-31-27(34)19-26-29(37)35-20-30(22-10-6-3-7-11-22,23-12-14-24(36)15-13-23)33-25(28(35)32-26)18-21-8-4-2-5-9-21/h2-17,36-37H,18-20H2,1H3. The minimum atomic E-state index is -0.815. The van der Waals surface area contributed by atoms with Crippen molar-refractivity contribution in [2.45, 2.75) is 24.9 Å². The summed E-state index contributed by atoms with van der Waals surface area (Å²) in [5, 5.41) is 21.5. The van der Waals surface area contributed by atoms with Gasteiger partial charge in [0.2, 0.25) is 5.88 Å². The van der Waals surface area contributed by atoms with Crippen molar-refractivity contribution in [2.24, 2.45) is 12.0 Å². The Morgan fingerprint density at radius 1 is 0.838 bits per heavy atom. The first-order chi connectivity index (χ1) is 18.0. The monoisotopic (exact) mass is 489 g/mol. The molecule has 0 aliphatic carbocycles. The summed E-state index contributed by atoms with van der Waals surface area (Å²) in [6.07, 6.45) is 4.60. The van der Waals surface area contributed by atoms with E-state index in [1.54, 1.807) is 18.3 Å². The van der Waals surface area contributed by atoms with Crippen LogP contribution in [0.25, 0.3) is 0 Å². The Hall–Kier alpha value is -4.65. The Kier molecular flexibility index (Phi) is 5.60. The SMILES string of the molecule is Cn1ccnc1Cc1nc2n(c1O)CC(c1ccccc1)(c1ccc(O)cc1)N=C2Cc1ccccc1. The van der Waals surface area contributed by atoms with Crippen LogP contribution in [0.15, 0.2) is 102 Å². The number of aliphatic imine (C=N–C) groups is 1. The van der Waals surface area contributed by atoms with E-state index in [0.29, 0.717) is 30.9 Å². The number of aromatic nitrogens is 4. The van der Waals surface area contributed by atoms with Crippen LogP contribution >= 0.6 is 0 Å². The molecule has 1 aliphatic heterocycles. The third-order valence-corrected chi connectivity index (χ3v) is 7.04. The van der Waals surface area contributed by atoms with Gasteiger partial charge in [-0.05, 0) is 28.8 Å². The van der Waals surface area contributed by atoms with E-state index in [2.05, 4.69) is 29.2 Å². The molecule has 1 atom stereocenters. The molecule has 1 unspecified atom stereocenters. The number of aryl methyl sites for hydroxylation is 1. The van der Waals surface area contributed by atoms with Gasteiger partial charge in [0.05, 0.1) is 18.7 Å². The summed E-state index contributed by atoms with van der Waals surface area (Å²) in [6.45, 7) is 0.370. The molecule has 0 fully saturated rings. The molecule has 7 nitrogen and oxygen atoms in total. The fourth-order valence-corrected chi connectivity index (χ4v) is 5.08. The van der Waals surface area contributed by atoms with Gasteiger partial charge in [0.25, 0.3) is 0 Å². The lowest BCUT2D eigenvalue weighted by atomic mass is 9.81. The van der Waals surface area contributed by atoms with Crippen molar-refractivity contribution in [3.8, 4) is 11.6 Å². The van der Waals surface area contributed by atoms with Crippen molar-refractivity contribution in [3.05, 3.63) is 131 Å². The Morgan fingerprint density at radius 2 is 1.51 bits per heavy atom. The van der Waals surface area contributed by atoms with Crippen LogP contribution in [0, 0.1) is 0 Å². The largest absolute Gasteiger partial charge is 0.508 e. The average Bonchev–Trinajstić information content (AvgIpc) is 3.48. The normalized spacial score (nSPS) is 16.8. The number of fused-ring (bicyclic) bond motifs is 1. The van der Waals surface area contributed by atoms with Crippen LogP contribution in [0.3, 0.4) is 0 Å². The van der Waals surface area contributed by atoms with Crippen LogP contribution in [0.5, 0.6) is 11.6 Å². The summed E-state index contributed by atoms with van der Waals surface area (Å²) in [6, 6.07) is 27.4. The predicted octanol–water partition coefficient (Wildman–Crippen LogP) is 4.61. The molecule has 0 radical (unpaired) electrons. The van der Waals surface area contributed by atoms with Gasteiger partial charge in [0.15, 0.2) is 5.82 Å². The highest BCUT2D eigenvalue weighted by Crippen LogP contribution is 2.42. The Morgan fingerprint density at radius 3 is 2.19 bits per heavy atom. The third-order valence-electron chi connectivity index (χ3n) is 7.04. The fourth-order valence-electron chi connectivity index (χ4n) is 5.08. The molecule has 0 spiro atoms. The molecule has 0 amide bonds. The zero-order valence-electron chi connectivity index (χ0n) is 20.5. The molecule has 1 aliphatic rings. The summed E-state index contributed by atoms with van der Waals surface area (Å²) < 4.78 is 3.81. The van der Waals surface area contributed by atoms with Crippen LogP contribution in [0.1, 0.15) is 34.0 Å². The predicted molar refractivity (Wildman–Crippen MR) is 142 cm³/mol. The maximum Gasteiger partial charge on any atom is 0.215 e. The topological polar surface area (TPSA) is 88.5 Å². The molecule has 2 N–H and O–H groups in total. The molecule has 37 heavy (non-hydrogen) atoms. The van der Waals surface area contributed by atoms with Gasteiger partial charge < -0.3 is 14.8 Å². The fraction of sp³-hybridized carbons (Fsp3) is 0.167. The molecule has 0 saturated carbocycles. The van der Waals surface area contributed by atoms with Crippen LogP contribution in [-0.4, -0.2) is 35.0 Å². The van der Waals surface area contributed by atoms with Gasteiger partial charge in [0, 0.05) is 25.9 Å². The van der Waals surface area contributed by atoms with E-state index in [0.717, 1.165) is 28.2 Å². The second-order valence-corrected chi connectivity index (χ2v) is 9.42. The van der Waals surface area contributed by atoms with E-state index in [4.69, 9.17) is 9.98 Å². The third kappa shape index (κ3) is 4.08. The van der Waals surface area contributed by atoms with Gasteiger partial charge in [-0.1, -0.05) is 72.8 Å². The van der Waals surface area contributed by atoms with Gasteiger partial charge in [0.1, 0.15) is 22.8 Å². The Labute approximate surface area is 215 Å². The number of phenols is 1. The zero-order chi connectivity index (χ0) is 25.4. The zero-order valence-corrected chi connectivity index (χ0v) is 20.5. The molecule has 7 heteroatoms. The molecular formula is C30H27N5O2. The highest BCUT2D eigenvalue weighted by molar-refractivity contribution is 6.00. The minimum absolute atomic E-state index is 0.123. The molecular weight excluding hydrogens is 462 g/mol. The summed E-state index contributed by atoms with van der Waals surface area (Å²) in [7, 11) is 1.93. The second-order valence-electron chi connectivity index (χ2n) is 9.42. The first kappa shape index (κ1) is 22.8. The second kappa shape index (κ2) is 9.09. The molecule has 3 aromatic carbocycles. The van der Waals surface area contributed by atoms with Gasteiger partial charge >= 0.3 is 0 Å². The van der Waals surface area contributed by atoms with Gasteiger partial charge in [-0.2, -0.15) is 0 Å². The first-order valence-electron chi connectivity index (χ1n) is 12.3. The number of imidazole rings is 2. The van der Waals surface area contributed by atoms with Gasteiger partial charge in [-0.25, -0.2) is 9.97 Å². The first-order valence-corrected chi connectivity index (χ1v) is 12.3. The number of phenolic OH excluding ortho intramolecular Hbond substituents is 1. The average molecular weight is 490 g/mol. The van der Waals surface area contributed by atoms with Crippen LogP contribution in [0.2, 0.25) is 0 Å². The number of nitrogens with zero attached hydrogens (tertiary/aromatic N) is 5. The molecule has 6 rings (SSSR count). The molecule has 0 bridgehead atoms. The van der Waals surface area contributed by atoms with Crippen LogP contribution < -0.4 is 0 Å². The summed E-state index contributed by atoms with van der Waals surface area (Å²) in [4.78, 5) is 14.7.